The topological polar surface area (TPSA) is 17.1 Å². The quantitative estimate of drug-likeness (QED) is 0.202. The van der Waals surface area contributed by atoms with Gasteiger partial charge in [-0.3, -0.25) is 0 Å². The van der Waals surface area contributed by atoms with Crippen molar-refractivity contribution in [3.63, 3.8) is 0 Å². The SMILES string of the molecule is O=P(c1ccccc1)(c1ccccc1)c1cccc(-c2cccc3cc4ccccc4cc23)c1. The van der Waals surface area contributed by atoms with Crippen molar-refractivity contribution in [3.05, 3.63) is 140 Å². The highest BCUT2D eigenvalue weighted by Gasteiger charge is 2.29. The van der Waals surface area contributed by atoms with E-state index in [-0.39, 0.29) is 0 Å². The van der Waals surface area contributed by atoms with Crippen molar-refractivity contribution in [3.8, 4) is 11.1 Å². The molecule has 2 heteroatoms. The van der Waals surface area contributed by atoms with Gasteiger partial charge in [0.05, 0.1) is 0 Å². The first-order valence-electron chi connectivity index (χ1n) is 11.5. The van der Waals surface area contributed by atoms with Crippen LogP contribution in [0.25, 0.3) is 32.7 Å². The fourth-order valence-corrected chi connectivity index (χ4v) is 7.51. The third-order valence-corrected chi connectivity index (χ3v) is 9.56. The summed E-state index contributed by atoms with van der Waals surface area (Å²) in [6.07, 6.45) is 0. The molecule has 6 rings (SSSR count). The molecule has 0 atom stereocenters. The van der Waals surface area contributed by atoms with Gasteiger partial charge in [-0.15, -0.1) is 0 Å². The van der Waals surface area contributed by atoms with Gasteiger partial charge in [-0.1, -0.05) is 121 Å². The van der Waals surface area contributed by atoms with Crippen LogP contribution in [0.4, 0.5) is 0 Å². The molecule has 0 radical (unpaired) electrons. The first-order valence-corrected chi connectivity index (χ1v) is 13.2. The Morgan fingerprint density at radius 1 is 0.412 bits per heavy atom. The lowest BCUT2D eigenvalue weighted by Crippen LogP contribution is -2.25. The fraction of sp³-hybridized carbons (Fsp3) is 0. The van der Waals surface area contributed by atoms with Gasteiger partial charge in [0.15, 0.2) is 7.14 Å². The maximum Gasteiger partial charge on any atom is 0.171 e. The Labute approximate surface area is 199 Å². The molecule has 0 heterocycles. The van der Waals surface area contributed by atoms with Gasteiger partial charge in [0, 0.05) is 15.9 Å². The summed E-state index contributed by atoms with van der Waals surface area (Å²) in [5.41, 5.74) is 2.23. The van der Waals surface area contributed by atoms with Crippen LogP contribution in [-0.4, -0.2) is 0 Å². The summed E-state index contributed by atoms with van der Waals surface area (Å²) in [6.45, 7) is 0. The molecule has 0 aliphatic carbocycles. The maximum absolute atomic E-state index is 14.8. The minimum atomic E-state index is -3.02. The van der Waals surface area contributed by atoms with Gasteiger partial charge in [0.25, 0.3) is 0 Å². The zero-order chi connectivity index (χ0) is 23.0. The second-order valence-corrected chi connectivity index (χ2v) is 11.3. The number of hydrogen-bond donors (Lipinski definition) is 0. The molecule has 0 saturated carbocycles. The lowest BCUT2D eigenvalue weighted by molar-refractivity contribution is 0.592. The summed E-state index contributed by atoms with van der Waals surface area (Å²) < 4.78 is 14.8. The molecule has 0 fully saturated rings. The van der Waals surface area contributed by atoms with E-state index in [9.17, 15) is 4.57 Å². The van der Waals surface area contributed by atoms with Crippen LogP contribution in [0.15, 0.2) is 140 Å². The smallest absolute Gasteiger partial charge is 0.171 e. The predicted octanol–water partition coefficient (Wildman–Crippen LogP) is 7.30. The van der Waals surface area contributed by atoms with Crippen LogP contribution in [-0.2, 0) is 4.57 Å². The molecule has 0 aromatic heterocycles. The van der Waals surface area contributed by atoms with Gasteiger partial charge in [0.1, 0.15) is 0 Å². The van der Waals surface area contributed by atoms with Gasteiger partial charge in [-0.25, -0.2) is 0 Å². The van der Waals surface area contributed by atoms with Crippen LogP contribution in [0.1, 0.15) is 0 Å². The average Bonchev–Trinajstić information content (AvgIpc) is 2.92. The van der Waals surface area contributed by atoms with Gasteiger partial charge < -0.3 is 4.57 Å². The lowest BCUT2D eigenvalue weighted by Gasteiger charge is -2.21. The number of benzene rings is 6. The van der Waals surface area contributed by atoms with E-state index in [1.54, 1.807) is 0 Å². The molecule has 0 unspecified atom stereocenters. The van der Waals surface area contributed by atoms with Crippen LogP contribution < -0.4 is 15.9 Å². The summed E-state index contributed by atoms with van der Waals surface area (Å²) in [5, 5.41) is 7.41. The van der Waals surface area contributed by atoms with E-state index in [4.69, 9.17) is 0 Å². The van der Waals surface area contributed by atoms with Crippen LogP contribution in [0.3, 0.4) is 0 Å². The van der Waals surface area contributed by atoms with Crippen molar-refractivity contribution in [1.29, 1.82) is 0 Å². The van der Waals surface area contributed by atoms with Crippen molar-refractivity contribution in [1.82, 2.24) is 0 Å². The lowest BCUT2D eigenvalue weighted by atomic mass is 9.96. The molecule has 0 aliphatic heterocycles. The molecule has 34 heavy (non-hydrogen) atoms. The standard InChI is InChI=1S/C32H23OP/c33-34(28-15-3-1-4-16-28,29-17-5-2-6-18-29)30-19-9-13-27(22-30)31-20-10-14-26-21-24-11-7-8-12-25(24)23-32(26)31/h1-23H. The Bertz CT molecular complexity index is 1630. The minimum absolute atomic E-state index is 0.847. The monoisotopic (exact) mass is 454 g/mol. The van der Waals surface area contributed by atoms with E-state index in [1.807, 2.05) is 72.8 Å². The molecule has 0 bridgehead atoms. The third-order valence-electron chi connectivity index (χ3n) is 6.51. The first-order chi connectivity index (χ1) is 16.7. The van der Waals surface area contributed by atoms with Crippen LogP contribution in [0, 0.1) is 0 Å². The molecular weight excluding hydrogens is 431 g/mol. The predicted molar refractivity (Wildman–Crippen MR) is 146 cm³/mol. The van der Waals surface area contributed by atoms with Gasteiger partial charge >= 0.3 is 0 Å². The van der Waals surface area contributed by atoms with E-state index < -0.39 is 7.14 Å². The summed E-state index contributed by atoms with van der Waals surface area (Å²) >= 11 is 0. The minimum Gasteiger partial charge on any atom is -0.309 e. The molecule has 1 nitrogen and oxygen atoms in total. The van der Waals surface area contributed by atoms with Crippen molar-refractivity contribution in [2.24, 2.45) is 0 Å². The fourth-order valence-electron chi connectivity index (χ4n) is 4.81. The van der Waals surface area contributed by atoms with Crippen LogP contribution in [0.5, 0.6) is 0 Å². The first kappa shape index (κ1) is 20.7. The molecule has 162 valence electrons. The van der Waals surface area contributed by atoms with Crippen molar-refractivity contribution in [2.75, 3.05) is 0 Å². The summed E-state index contributed by atoms with van der Waals surface area (Å²) in [4.78, 5) is 0. The van der Waals surface area contributed by atoms with E-state index >= 15 is 0 Å². The Balaban J connectivity index is 1.58. The Hall–Kier alpha value is -3.93. The molecule has 0 N–H and O–H groups in total. The zero-order valence-electron chi connectivity index (χ0n) is 18.6. The molecule has 6 aromatic carbocycles. The van der Waals surface area contributed by atoms with Gasteiger partial charge in [0.2, 0.25) is 0 Å². The van der Waals surface area contributed by atoms with Crippen molar-refractivity contribution in [2.45, 2.75) is 0 Å². The normalized spacial score (nSPS) is 11.6. The average molecular weight is 455 g/mol. The second kappa shape index (κ2) is 8.45. The molecule has 0 spiro atoms. The molecule has 0 amide bonds. The second-order valence-electron chi connectivity index (χ2n) is 8.56. The van der Waals surface area contributed by atoms with E-state index in [0.717, 1.165) is 27.0 Å². The van der Waals surface area contributed by atoms with Crippen molar-refractivity contribution >= 4 is 44.6 Å². The Morgan fingerprint density at radius 2 is 0.941 bits per heavy atom. The summed E-state index contributed by atoms with van der Waals surface area (Å²) in [6, 6.07) is 47.4. The Kier molecular flexibility index (Phi) is 5.13. The van der Waals surface area contributed by atoms with Gasteiger partial charge in [-0.2, -0.15) is 0 Å². The van der Waals surface area contributed by atoms with E-state index in [0.29, 0.717) is 0 Å². The highest BCUT2D eigenvalue weighted by Crippen LogP contribution is 2.43. The highest BCUT2D eigenvalue weighted by atomic mass is 31.2. The molecular formula is C32H23OP. The molecule has 0 saturated heterocycles. The van der Waals surface area contributed by atoms with Crippen molar-refractivity contribution < 1.29 is 4.57 Å². The number of hydrogen-bond acceptors (Lipinski definition) is 1. The highest BCUT2D eigenvalue weighted by molar-refractivity contribution is 7.85. The van der Waals surface area contributed by atoms with Gasteiger partial charge in [-0.05, 0) is 50.9 Å². The molecule has 0 aliphatic rings. The zero-order valence-corrected chi connectivity index (χ0v) is 19.5. The molecule has 6 aromatic rings. The maximum atomic E-state index is 14.8. The van der Waals surface area contributed by atoms with Crippen LogP contribution in [0.2, 0.25) is 0 Å². The number of fused-ring (bicyclic) bond motifs is 2. The largest absolute Gasteiger partial charge is 0.309 e. The van der Waals surface area contributed by atoms with E-state index in [2.05, 4.69) is 66.7 Å². The van der Waals surface area contributed by atoms with Crippen LogP contribution >= 0.6 is 7.14 Å². The third kappa shape index (κ3) is 3.46. The van der Waals surface area contributed by atoms with E-state index in [1.165, 1.54) is 21.5 Å². The number of rotatable bonds is 4. The Morgan fingerprint density at radius 3 is 1.62 bits per heavy atom. The summed E-state index contributed by atoms with van der Waals surface area (Å²) in [7, 11) is -3.02. The summed E-state index contributed by atoms with van der Waals surface area (Å²) in [5.74, 6) is 0.